The summed E-state index contributed by atoms with van der Waals surface area (Å²) in [7, 11) is -3.18. The Kier molecular flexibility index (Phi) is 4.35. The third kappa shape index (κ3) is 3.52. The molecule has 1 radical (unpaired) electrons. The third-order valence-electron chi connectivity index (χ3n) is 1.97. The number of hydrogen-bond acceptors (Lipinski definition) is 3. The fraction of sp³-hybridized carbons (Fsp3) is 0.417. The van der Waals surface area contributed by atoms with Crippen molar-refractivity contribution in [2.75, 3.05) is 12.4 Å². The van der Waals surface area contributed by atoms with Crippen LogP contribution in [0.1, 0.15) is 20.8 Å². The highest BCUT2D eigenvalue weighted by molar-refractivity contribution is 7.91. The highest BCUT2D eigenvalue weighted by Gasteiger charge is 2.16. The molecule has 0 saturated heterocycles. The minimum atomic E-state index is -3.18. The van der Waals surface area contributed by atoms with E-state index in [-0.39, 0.29) is 5.75 Å². The van der Waals surface area contributed by atoms with Crippen molar-refractivity contribution in [1.29, 1.82) is 0 Å². The Morgan fingerprint density at radius 2 is 1.75 bits per heavy atom. The molecule has 0 spiro atoms. The van der Waals surface area contributed by atoms with Crippen molar-refractivity contribution in [3.63, 3.8) is 0 Å². The predicted molar refractivity (Wildman–Crippen MR) is 64.3 cm³/mol. The Morgan fingerprint density at radius 1 is 1.19 bits per heavy atom. The molecular formula is C12H17O3S. The van der Waals surface area contributed by atoms with Gasteiger partial charge in [0.05, 0.1) is 17.3 Å². The lowest BCUT2D eigenvalue weighted by Gasteiger charge is -2.07. The van der Waals surface area contributed by atoms with E-state index in [0.717, 1.165) is 5.92 Å². The SMILES string of the molecule is CCOc1ccc(S(=O)(=O)C[C](C)C)cc1. The Morgan fingerprint density at radius 3 is 2.19 bits per heavy atom. The summed E-state index contributed by atoms with van der Waals surface area (Å²) < 4.78 is 29.0. The molecule has 0 heterocycles. The van der Waals surface area contributed by atoms with E-state index in [0.29, 0.717) is 17.3 Å². The van der Waals surface area contributed by atoms with Crippen molar-refractivity contribution in [1.82, 2.24) is 0 Å². The van der Waals surface area contributed by atoms with E-state index in [1.54, 1.807) is 24.3 Å². The summed E-state index contributed by atoms with van der Waals surface area (Å²) in [4.78, 5) is 0.345. The molecule has 0 aliphatic carbocycles. The lowest BCUT2D eigenvalue weighted by Crippen LogP contribution is -2.10. The van der Waals surface area contributed by atoms with Gasteiger partial charge >= 0.3 is 0 Å². The molecule has 0 fully saturated rings. The quantitative estimate of drug-likeness (QED) is 0.795. The molecule has 0 bridgehead atoms. The van der Waals surface area contributed by atoms with Crippen LogP contribution in [-0.4, -0.2) is 20.8 Å². The van der Waals surface area contributed by atoms with Gasteiger partial charge < -0.3 is 4.74 Å². The molecule has 89 valence electrons. The molecule has 0 amide bonds. The van der Waals surface area contributed by atoms with Crippen LogP contribution in [0.4, 0.5) is 0 Å². The van der Waals surface area contributed by atoms with E-state index in [4.69, 9.17) is 4.74 Å². The largest absolute Gasteiger partial charge is 0.494 e. The van der Waals surface area contributed by atoms with Gasteiger partial charge in [-0.05, 0) is 37.1 Å². The van der Waals surface area contributed by atoms with Crippen molar-refractivity contribution < 1.29 is 13.2 Å². The van der Waals surface area contributed by atoms with Crippen molar-refractivity contribution in [2.24, 2.45) is 0 Å². The second-order valence-corrected chi connectivity index (χ2v) is 5.86. The monoisotopic (exact) mass is 241 g/mol. The van der Waals surface area contributed by atoms with E-state index < -0.39 is 9.84 Å². The Hall–Kier alpha value is -1.03. The summed E-state index contributed by atoms with van der Waals surface area (Å²) >= 11 is 0. The van der Waals surface area contributed by atoms with Crippen LogP contribution in [0.3, 0.4) is 0 Å². The Labute approximate surface area is 97.4 Å². The van der Waals surface area contributed by atoms with Gasteiger partial charge in [0.25, 0.3) is 0 Å². The van der Waals surface area contributed by atoms with Crippen LogP contribution >= 0.6 is 0 Å². The summed E-state index contributed by atoms with van der Waals surface area (Å²) in [5.74, 6) is 1.67. The predicted octanol–water partition coefficient (Wildman–Crippen LogP) is 2.47. The minimum Gasteiger partial charge on any atom is -0.494 e. The molecule has 0 saturated carbocycles. The maximum absolute atomic E-state index is 11.9. The fourth-order valence-corrected chi connectivity index (χ4v) is 2.85. The number of benzene rings is 1. The molecule has 0 N–H and O–H groups in total. The van der Waals surface area contributed by atoms with Crippen LogP contribution in [0.25, 0.3) is 0 Å². The van der Waals surface area contributed by atoms with Crippen LogP contribution in [0.5, 0.6) is 5.75 Å². The highest BCUT2D eigenvalue weighted by atomic mass is 32.2. The van der Waals surface area contributed by atoms with E-state index in [1.165, 1.54) is 0 Å². The van der Waals surface area contributed by atoms with Crippen molar-refractivity contribution in [2.45, 2.75) is 25.7 Å². The standard InChI is InChI=1S/C12H17O3S/c1-4-15-11-5-7-12(8-6-11)16(13,14)9-10(2)3/h5-8H,4,9H2,1-3H3. The van der Waals surface area contributed by atoms with Gasteiger partial charge in [-0.2, -0.15) is 0 Å². The zero-order chi connectivity index (χ0) is 12.2. The van der Waals surface area contributed by atoms with Crippen LogP contribution in [0, 0.1) is 5.92 Å². The van der Waals surface area contributed by atoms with Crippen LogP contribution in [-0.2, 0) is 9.84 Å². The summed E-state index contributed by atoms with van der Waals surface area (Å²) in [6.45, 7) is 6.09. The minimum absolute atomic E-state index is 0.0982. The third-order valence-corrected chi connectivity index (χ3v) is 3.92. The molecule has 0 unspecified atom stereocenters. The first-order valence-corrected chi connectivity index (χ1v) is 6.85. The summed E-state index contributed by atoms with van der Waals surface area (Å²) in [6.07, 6.45) is 0. The molecule has 0 atom stereocenters. The van der Waals surface area contributed by atoms with Crippen LogP contribution in [0.2, 0.25) is 0 Å². The summed E-state index contributed by atoms with van der Waals surface area (Å²) in [6, 6.07) is 6.54. The number of rotatable bonds is 5. The molecule has 0 aromatic heterocycles. The van der Waals surface area contributed by atoms with Gasteiger partial charge in [0, 0.05) is 0 Å². The molecule has 1 rings (SSSR count). The maximum atomic E-state index is 11.9. The average molecular weight is 241 g/mol. The highest BCUT2D eigenvalue weighted by Crippen LogP contribution is 2.18. The number of ether oxygens (including phenoxy) is 1. The van der Waals surface area contributed by atoms with Gasteiger partial charge in [0.15, 0.2) is 9.84 Å². The van der Waals surface area contributed by atoms with Crippen molar-refractivity contribution in [3.05, 3.63) is 30.2 Å². The van der Waals surface area contributed by atoms with Gasteiger partial charge in [-0.1, -0.05) is 13.8 Å². The van der Waals surface area contributed by atoms with Gasteiger partial charge in [0.1, 0.15) is 5.75 Å². The summed E-state index contributed by atoms with van der Waals surface area (Å²) in [5, 5.41) is 0. The second-order valence-electron chi connectivity index (χ2n) is 3.87. The summed E-state index contributed by atoms with van der Waals surface area (Å²) in [5.41, 5.74) is 0. The zero-order valence-electron chi connectivity index (χ0n) is 9.86. The number of sulfone groups is 1. The topological polar surface area (TPSA) is 43.4 Å². The molecule has 0 aliphatic rings. The molecule has 0 aliphatic heterocycles. The average Bonchev–Trinajstić information content (AvgIpc) is 2.17. The molecule has 4 heteroatoms. The van der Waals surface area contributed by atoms with Gasteiger partial charge in [-0.3, -0.25) is 0 Å². The van der Waals surface area contributed by atoms with Gasteiger partial charge in [-0.15, -0.1) is 0 Å². The van der Waals surface area contributed by atoms with E-state index in [9.17, 15) is 8.42 Å². The molecule has 16 heavy (non-hydrogen) atoms. The van der Waals surface area contributed by atoms with Crippen LogP contribution in [0.15, 0.2) is 29.2 Å². The normalized spacial score (nSPS) is 11.8. The lowest BCUT2D eigenvalue weighted by atomic mass is 10.3. The van der Waals surface area contributed by atoms with Crippen molar-refractivity contribution in [3.8, 4) is 5.75 Å². The Bertz CT molecular complexity index is 418. The molecule has 1 aromatic carbocycles. The second kappa shape index (κ2) is 5.34. The van der Waals surface area contributed by atoms with Gasteiger partial charge in [0.2, 0.25) is 0 Å². The first-order valence-electron chi connectivity index (χ1n) is 5.20. The molecule has 3 nitrogen and oxygen atoms in total. The zero-order valence-corrected chi connectivity index (χ0v) is 10.7. The first kappa shape index (κ1) is 13.0. The number of hydrogen-bond donors (Lipinski definition) is 0. The van der Waals surface area contributed by atoms with Gasteiger partial charge in [-0.25, -0.2) is 8.42 Å². The van der Waals surface area contributed by atoms with Crippen LogP contribution < -0.4 is 4.74 Å². The fourth-order valence-electron chi connectivity index (χ4n) is 1.37. The smallest absolute Gasteiger partial charge is 0.178 e. The molecule has 1 aromatic rings. The molecular weight excluding hydrogens is 224 g/mol. The lowest BCUT2D eigenvalue weighted by molar-refractivity contribution is 0.340. The van der Waals surface area contributed by atoms with Crippen molar-refractivity contribution >= 4 is 9.84 Å². The van der Waals surface area contributed by atoms with E-state index in [2.05, 4.69) is 0 Å². The van der Waals surface area contributed by atoms with E-state index >= 15 is 0 Å². The first-order chi connectivity index (χ1) is 7.45. The Balaban J connectivity index is 2.89. The maximum Gasteiger partial charge on any atom is 0.178 e. The van der Waals surface area contributed by atoms with E-state index in [1.807, 2.05) is 20.8 Å².